The first-order chi connectivity index (χ1) is 18.1. The Morgan fingerprint density at radius 2 is 1.89 bits per heavy atom. The molecule has 14 heteroatoms. The quantitative estimate of drug-likeness (QED) is 0.309. The molecule has 1 aliphatic heterocycles. The molecule has 38 heavy (non-hydrogen) atoms. The van der Waals surface area contributed by atoms with Gasteiger partial charge in [-0.05, 0) is 29.3 Å². The number of alkyl halides is 3. The van der Waals surface area contributed by atoms with Crippen LogP contribution in [0.15, 0.2) is 70.2 Å². The van der Waals surface area contributed by atoms with Crippen LogP contribution in [-0.4, -0.2) is 46.0 Å². The van der Waals surface area contributed by atoms with Crippen LogP contribution in [0.3, 0.4) is 0 Å². The third-order valence-corrected chi connectivity index (χ3v) is 7.28. The van der Waals surface area contributed by atoms with Gasteiger partial charge in [-0.15, -0.1) is 0 Å². The molecule has 5 rings (SSSR count). The SMILES string of the molecule is O=S1(=O)CC=Cc2cc(Nc3ncc(-c4nc(C(F)(F)F)no4)c(N[C@H](CO)c4ccccc4)n3)ccc21. The molecule has 0 amide bonds. The fraction of sp³-hybridized carbons (Fsp3) is 0.167. The van der Waals surface area contributed by atoms with Crippen LogP contribution < -0.4 is 10.6 Å². The number of halogens is 3. The minimum atomic E-state index is -4.82. The number of anilines is 3. The van der Waals surface area contributed by atoms with Crippen molar-refractivity contribution in [3.63, 3.8) is 0 Å². The molecule has 4 aromatic rings. The van der Waals surface area contributed by atoms with E-state index in [0.717, 1.165) is 0 Å². The summed E-state index contributed by atoms with van der Waals surface area (Å²) in [5.74, 6) is -1.95. The van der Waals surface area contributed by atoms with Gasteiger partial charge >= 0.3 is 6.18 Å². The number of aliphatic hydroxyl groups is 1. The van der Waals surface area contributed by atoms with Gasteiger partial charge in [0.25, 0.3) is 11.7 Å². The van der Waals surface area contributed by atoms with E-state index in [0.29, 0.717) is 16.8 Å². The molecule has 10 nitrogen and oxygen atoms in total. The number of aliphatic hydroxyl groups excluding tert-OH is 1. The first kappa shape index (κ1) is 25.4. The molecule has 2 aromatic heterocycles. The van der Waals surface area contributed by atoms with E-state index >= 15 is 0 Å². The number of fused-ring (bicyclic) bond motifs is 1. The summed E-state index contributed by atoms with van der Waals surface area (Å²) in [6, 6.07) is 12.8. The van der Waals surface area contributed by atoms with Crippen molar-refractivity contribution >= 4 is 33.4 Å². The van der Waals surface area contributed by atoms with Gasteiger partial charge in [0.1, 0.15) is 11.4 Å². The number of hydrogen-bond acceptors (Lipinski definition) is 10. The summed E-state index contributed by atoms with van der Waals surface area (Å²) in [6.07, 6.45) is -0.373. The summed E-state index contributed by atoms with van der Waals surface area (Å²) in [6.45, 7) is -0.362. The molecule has 196 valence electrons. The third kappa shape index (κ3) is 5.21. The van der Waals surface area contributed by atoms with Crippen LogP contribution in [-0.2, 0) is 16.0 Å². The first-order valence-corrected chi connectivity index (χ1v) is 12.8. The Morgan fingerprint density at radius 3 is 2.61 bits per heavy atom. The predicted octanol–water partition coefficient (Wildman–Crippen LogP) is 4.24. The van der Waals surface area contributed by atoms with Crippen molar-refractivity contribution in [3.8, 4) is 11.5 Å². The van der Waals surface area contributed by atoms with Gasteiger partial charge in [-0.25, -0.2) is 13.4 Å². The Morgan fingerprint density at radius 1 is 1.11 bits per heavy atom. The maximum Gasteiger partial charge on any atom is 0.455 e. The van der Waals surface area contributed by atoms with Crippen molar-refractivity contribution < 1.29 is 31.2 Å². The Balaban J connectivity index is 1.51. The van der Waals surface area contributed by atoms with Crippen molar-refractivity contribution in [3.05, 3.63) is 77.8 Å². The molecule has 0 bridgehead atoms. The number of rotatable bonds is 7. The maximum absolute atomic E-state index is 13.1. The van der Waals surface area contributed by atoms with Crippen molar-refractivity contribution in [2.75, 3.05) is 23.0 Å². The third-order valence-electron chi connectivity index (χ3n) is 5.61. The predicted molar refractivity (Wildman–Crippen MR) is 131 cm³/mol. The van der Waals surface area contributed by atoms with Gasteiger partial charge in [0.15, 0.2) is 9.84 Å². The molecular weight excluding hydrogens is 525 g/mol. The first-order valence-electron chi connectivity index (χ1n) is 11.1. The summed E-state index contributed by atoms with van der Waals surface area (Å²) in [7, 11) is -3.41. The number of nitrogens with one attached hydrogen (secondary N) is 2. The number of benzene rings is 2. The molecular formula is C24H19F3N6O4S. The highest BCUT2D eigenvalue weighted by molar-refractivity contribution is 7.91. The average Bonchev–Trinajstić information content (AvgIpc) is 3.39. The summed E-state index contributed by atoms with van der Waals surface area (Å²) < 4.78 is 68.5. The van der Waals surface area contributed by atoms with Gasteiger partial charge < -0.3 is 20.3 Å². The lowest BCUT2D eigenvalue weighted by molar-refractivity contribution is -0.146. The minimum Gasteiger partial charge on any atom is -0.394 e. The van der Waals surface area contributed by atoms with E-state index in [2.05, 4.69) is 30.7 Å². The van der Waals surface area contributed by atoms with Crippen molar-refractivity contribution in [1.82, 2.24) is 20.1 Å². The van der Waals surface area contributed by atoms with Crippen LogP contribution in [0.2, 0.25) is 0 Å². The summed E-state index contributed by atoms with van der Waals surface area (Å²) in [5, 5.41) is 19.0. The van der Waals surface area contributed by atoms with Crippen LogP contribution in [0.5, 0.6) is 0 Å². The van der Waals surface area contributed by atoms with E-state index in [9.17, 15) is 26.7 Å². The summed E-state index contributed by atoms with van der Waals surface area (Å²) in [4.78, 5) is 12.2. The highest BCUT2D eigenvalue weighted by Gasteiger charge is 2.37. The second kappa shape index (κ2) is 9.87. The molecule has 0 unspecified atom stereocenters. The molecule has 1 atom stereocenters. The monoisotopic (exact) mass is 544 g/mol. The zero-order chi connectivity index (χ0) is 26.9. The van der Waals surface area contributed by atoms with Crippen molar-refractivity contribution in [1.29, 1.82) is 0 Å². The largest absolute Gasteiger partial charge is 0.455 e. The topological polar surface area (TPSA) is 143 Å². The van der Waals surface area contributed by atoms with E-state index in [1.165, 1.54) is 12.3 Å². The Kier molecular flexibility index (Phi) is 6.59. The van der Waals surface area contributed by atoms with E-state index < -0.39 is 33.8 Å². The van der Waals surface area contributed by atoms with Crippen molar-refractivity contribution in [2.45, 2.75) is 17.1 Å². The zero-order valence-electron chi connectivity index (χ0n) is 19.3. The molecule has 0 saturated carbocycles. The molecule has 0 saturated heterocycles. The van der Waals surface area contributed by atoms with E-state index in [4.69, 9.17) is 4.52 Å². The zero-order valence-corrected chi connectivity index (χ0v) is 20.2. The lowest BCUT2D eigenvalue weighted by atomic mass is 10.1. The summed E-state index contributed by atoms with van der Waals surface area (Å²) >= 11 is 0. The molecule has 0 radical (unpaired) electrons. The number of hydrogen-bond donors (Lipinski definition) is 3. The lowest BCUT2D eigenvalue weighted by Crippen LogP contribution is -2.17. The molecule has 0 aliphatic carbocycles. The molecule has 3 heterocycles. The number of nitrogens with zero attached hydrogens (tertiary/aromatic N) is 4. The number of sulfone groups is 1. The molecule has 0 fully saturated rings. The highest BCUT2D eigenvalue weighted by Crippen LogP contribution is 2.33. The average molecular weight is 545 g/mol. The van der Waals surface area contributed by atoms with Gasteiger partial charge in [-0.1, -0.05) is 47.6 Å². The highest BCUT2D eigenvalue weighted by atomic mass is 32.2. The van der Waals surface area contributed by atoms with Crippen LogP contribution >= 0.6 is 0 Å². The second-order valence-corrected chi connectivity index (χ2v) is 10.2. The summed E-state index contributed by atoms with van der Waals surface area (Å²) in [5.41, 5.74) is 1.64. The van der Waals surface area contributed by atoms with Crippen LogP contribution in [0.1, 0.15) is 23.0 Å². The van der Waals surface area contributed by atoms with Gasteiger partial charge in [0.2, 0.25) is 5.95 Å². The fourth-order valence-electron chi connectivity index (χ4n) is 3.80. The fourth-order valence-corrected chi connectivity index (χ4v) is 5.09. The van der Waals surface area contributed by atoms with Crippen LogP contribution in [0, 0.1) is 0 Å². The molecule has 2 aromatic carbocycles. The van der Waals surface area contributed by atoms with Gasteiger partial charge in [0.05, 0.1) is 23.3 Å². The maximum atomic E-state index is 13.1. The van der Waals surface area contributed by atoms with E-state index in [1.54, 1.807) is 54.6 Å². The van der Waals surface area contributed by atoms with E-state index in [1.807, 2.05) is 0 Å². The van der Waals surface area contributed by atoms with Crippen LogP contribution in [0.25, 0.3) is 17.5 Å². The van der Waals surface area contributed by atoms with Gasteiger partial charge in [0, 0.05) is 11.9 Å². The number of aromatic nitrogens is 4. The van der Waals surface area contributed by atoms with Crippen molar-refractivity contribution in [2.24, 2.45) is 0 Å². The molecule has 3 N–H and O–H groups in total. The molecule has 1 aliphatic rings. The smallest absolute Gasteiger partial charge is 0.394 e. The lowest BCUT2D eigenvalue weighted by Gasteiger charge is -2.19. The Hall–Kier alpha value is -4.30. The Bertz CT molecular complexity index is 1610. The van der Waals surface area contributed by atoms with Crippen LogP contribution in [0.4, 0.5) is 30.6 Å². The minimum absolute atomic E-state index is 0.0169. The second-order valence-electron chi connectivity index (χ2n) is 8.23. The standard InChI is InChI=1S/C24H19F3N6O4S/c25-24(26,27)22-32-21(37-33-22)17-12-28-23(31-20(17)30-18(13-34)14-5-2-1-3-6-14)29-16-8-9-19-15(11-16)7-4-10-38(19,35)36/h1-9,11-12,18,34H,10,13H2,(H2,28,29,30,31)/t18-/m1/s1. The van der Waals surface area contributed by atoms with E-state index in [-0.39, 0.29) is 34.6 Å². The van der Waals surface area contributed by atoms with Gasteiger partial charge in [-0.3, -0.25) is 0 Å². The molecule has 0 spiro atoms. The van der Waals surface area contributed by atoms with Gasteiger partial charge in [-0.2, -0.15) is 23.1 Å². The normalized spacial score (nSPS) is 15.1. The Labute approximate surface area is 214 Å².